The molecule has 37 heavy (non-hydrogen) atoms. The minimum atomic E-state index is -0.481. The van der Waals surface area contributed by atoms with Crippen LogP contribution in [0.15, 0.2) is 76.6 Å². The van der Waals surface area contributed by atoms with Crippen LogP contribution in [-0.4, -0.2) is 53.5 Å². The molecule has 194 valence electrons. The highest BCUT2D eigenvalue weighted by atomic mass is 32.2. The number of piperazine rings is 1. The zero-order chi connectivity index (χ0) is 26.4. The van der Waals surface area contributed by atoms with Crippen molar-refractivity contribution < 1.29 is 9.53 Å². The van der Waals surface area contributed by atoms with Gasteiger partial charge in [-0.15, -0.1) is 11.8 Å². The van der Waals surface area contributed by atoms with E-state index in [-0.39, 0.29) is 6.09 Å². The van der Waals surface area contributed by atoms with Gasteiger partial charge in [0.2, 0.25) is 0 Å². The van der Waals surface area contributed by atoms with E-state index in [9.17, 15) is 4.79 Å². The molecule has 1 aliphatic heterocycles. The van der Waals surface area contributed by atoms with Crippen molar-refractivity contribution in [2.75, 3.05) is 31.1 Å². The standard InChI is InChI=1S/C30H36N4O2S/c1-22(25-11-13-26(14-12-25)37-21-24-9-7-6-8-10-24)31-27-15-16-28(32-23(27)2)33-17-19-34(20-18-33)29(35)36-30(3,4)5/h6-16H,17-21H2,1-5H3. The quantitative estimate of drug-likeness (QED) is 0.264. The van der Waals surface area contributed by atoms with Crippen LogP contribution in [0.2, 0.25) is 0 Å². The molecule has 0 aliphatic carbocycles. The van der Waals surface area contributed by atoms with Crippen LogP contribution in [0, 0.1) is 6.92 Å². The van der Waals surface area contributed by atoms with Crippen molar-refractivity contribution in [1.29, 1.82) is 0 Å². The largest absolute Gasteiger partial charge is 0.444 e. The van der Waals surface area contributed by atoms with Crippen molar-refractivity contribution in [3.63, 3.8) is 0 Å². The number of rotatable bonds is 6. The van der Waals surface area contributed by atoms with Crippen LogP contribution in [-0.2, 0) is 10.5 Å². The van der Waals surface area contributed by atoms with Crippen LogP contribution in [0.4, 0.5) is 16.3 Å². The zero-order valence-corrected chi connectivity index (χ0v) is 23.2. The molecule has 1 saturated heterocycles. The second-order valence-electron chi connectivity index (χ2n) is 10.2. The second-order valence-corrected chi connectivity index (χ2v) is 11.3. The number of aromatic nitrogens is 1. The van der Waals surface area contributed by atoms with Gasteiger partial charge < -0.3 is 14.5 Å². The highest BCUT2D eigenvalue weighted by molar-refractivity contribution is 7.98. The Bertz CT molecular complexity index is 1230. The van der Waals surface area contributed by atoms with E-state index < -0.39 is 5.60 Å². The first-order valence-corrected chi connectivity index (χ1v) is 13.7. The summed E-state index contributed by atoms with van der Waals surface area (Å²) in [6.07, 6.45) is -0.251. The topological polar surface area (TPSA) is 58.0 Å². The van der Waals surface area contributed by atoms with E-state index in [4.69, 9.17) is 14.7 Å². The number of aliphatic imine (C=N–C) groups is 1. The molecular weight excluding hydrogens is 480 g/mol. The first-order chi connectivity index (χ1) is 17.7. The number of hydrogen-bond donors (Lipinski definition) is 0. The monoisotopic (exact) mass is 516 g/mol. The molecule has 3 aromatic rings. The van der Waals surface area contributed by atoms with Crippen LogP contribution >= 0.6 is 11.8 Å². The predicted octanol–water partition coefficient (Wildman–Crippen LogP) is 6.88. The van der Waals surface area contributed by atoms with Crippen molar-refractivity contribution in [3.8, 4) is 0 Å². The third kappa shape index (κ3) is 7.59. The van der Waals surface area contributed by atoms with Crippen LogP contribution in [0.25, 0.3) is 0 Å². The molecule has 0 unspecified atom stereocenters. The summed E-state index contributed by atoms with van der Waals surface area (Å²) in [5.41, 5.74) is 4.67. The summed E-state index contributed by atoms with van der Waals surface area (Å²) in [6, 6.07) is 23.2. The normalized spacial score (nSPS) is 14.6. The number of ether oxygens (including phenoxy) is 1. The lowest BCUT2D eigenvalue weighted by Gasteiger charge is -2.36. The average molecular weight is 517 g/mol. The van der Waals surface area contributed by atoms with Crippen molar-refractivity contribution >= 4 is 35.1 Å². The number of benzene rings is 2. The van der Waals surface area contributed by atoms with Gasteiger partial charge in [0.25, 0.3) is 0 Å². The Morgan fingerprint density at radius 3 is 2.27 bits per heavy atom. The number of carbonyl (C=O) groups excluding carboxylic acids is 1. The van der Waals surface area contributed by atoms with Crippen molar-refractivity contribution in [2.45, 2.75) is 50.9 Å². The third-order valence-corrected chi connectivity index (χ3v) is 7.19. The van der Waals surface area contributed by atoms with E-state index >= 15 is 0 Å². The Labute approximate surface area is 224 Å². The Morgan fingerprint density at radius 1 is 0.973 bits per heavy atom. The minimum absolute atomic E-state index is 0.251. The summed E-state index contributed by atoms with van der Waals surface area (Å²) < 4.78 is 5.50. The molecule has 1 fully saturated rings. The maximum Gasteiger partial charge on any atom is 0.410 e. The fourth-order valence-corrected chi connectivity index (χ4v) is 4.91. The summed E-state index contributed by atoms with van der Waals surface area (Å²) in [6.45, 7) is 12.4. The second kappa shape index (κ2) is 11.8. The molecule has 7 heteroatoms. The number of nitrogens with zero attached hydrogens (tertiary/aromatic N) is 4. The van der Waals surface area contributed by atoms with Gasteiger partial charge >= 0.3 is 6.09 Å². The molecule has 1 aromatic heterocycles. The lowest BCUT2D eigenvalue weighted by atomic mass is 10.1. The maximum absolute atomic E-state index is 12.3. The molecule has 0 N–H and O–H groups in total. The van der Waals surface area contributed by atoms with Crippen LogP contribution < -0.4 is 4.90 Å². The molecule has 0 radical (unpaired) electrons. The van der Waals surface area contributed by atoms with Crippen LogP contribution in [0.5, 0.6) is 0 Å². The van der Waals surface area contributed by atoms with E-state index in [1.54, 1.807) is 4.90 Å². The molecule has 0 atom stereocenters. The van der Waals surface area contributed by atoms with Gasteiger partial charge in [0.15, 0.2) is 0 Å². The molecule has 1 aliphatic rings. The SMILES string of the molecule is CC(=Nc1ccc(N2CCN(C(=O)OC(C)(C)C)CC2)nc1C)c1ccc(SCc2ccccc2)cc1. The summed E-state index contributed by atoms with van der Waals surface area (Å²) in [5, 5.41) is 0. The van der Waals surface area contributed by atoms with Gasteiger partial charge in [-0.25, -0.2) is 9.78 Å². The van der Waals surface area contributed by atoms with E-state index in [2.05, 4.69) is 53.4 Å². The first kappa shape index (κ1) is 26.7. The van der Waals surface area contributed by atoms with Gasteiger partial charge in [-0.3, -0.25) is 4.99 Å². The van der Waals surface area contributed by atoms with Crippen molar-refractivity contribution in [1.82, 2.24) is 9.88 Å². The van der Waals surface area contributed by atoms with Crippen LogP contribution in [0.1, 0.15) is 44.5 Å². The van der Waals surface area contributed by atoms with E-state index in [0.717, 1.165) is 47.3 Å². The summed E-state index contributed by atoms with van der Waals surface area (Å²) in [5.74, 6) is 1.87. The lowest BCUT2D eigenvalue weighted by molar-refractivity contribution is 0.0240. The summed E-state index contributed by atoms with van der Waals surface area (Å²) >= 11 is 1.84. The first-order valence-electron chi connectivity index (χ1n) is 12.7. The molecular formula is C30H36N4O2S. The zero-order valence-electron chi connectivity index (χ0n) is 22.4. The Balaban J connectivity index is 1.35. The molecule has 1 amide bonds. The highest BCUT2D eigenvalue weighted by Gasteiger charge is 2.26. The van der Waals surface area contributed by atoms with Crippen LogP contribution in [0.3, 0.4) is 0 Å². The van der Waals surface area contributed by atoms with E-state index in [1.807, 2.05) is 64.6 Å². The Kier molecular flexibility index (Phi) is 8.54. The number of amides is 1. The van der Waals surface area contributed by atoms with Gasteiger partial charge in [-0.2, -0.15) is 0 Å². The molecule has 0 spiro atoms. The fourth-order valence-electron chi connectivity index (χ4n) is 4.06. The molecule has 2 heterocycles. The van der Waals surface area contributed by atoms with Gasteiger partial charge in [-0.1, -0.05) is 42.5 Å². The number of aryl methyl sites for hydroxylation is 1. The highest BCUT2D eigenvalue weighted by Crippen LogP contribution is 2.26. The maximum atomic E-state index is 12.3. The van der Waals surface area contributed by atoms with Gasteiger partial charge in [0, 0.05) is 42.5 Å². The Morgan fingerprint density at radius 2 is 1.65 bits per heavy atom. The molecule has 2 aromatic carbocycles. The number of anilines is 1. The summed E-state index contributed by atoms with van der Waals surface area (Å²) in [7, 11) is 0. The predicted molar refractivity (Wildman–Crippen MR) is 153 cm³/mol. The minimum Gasteiger partial charge on any atom is -0.444 e. The van der Waals surface area contributed by atoms with Crippen molar-refractivity contribution in [3.05, 3.63) is 83.6 Å². The molecule has 0 saturated carbocycles. The number of pyridine rings is 1. The number of hydrogen-bond acceptors (Lipinski definition) is 6. The molecule has 6 nitrogen and oxygen atoms in total. The third-order valence-electron chi connectivity index (χ3n) is 6.11. The lowest BCUT2D eigenvalue weighted by Crippen LogP contribution is -2.50. The Hall–Kier alpha value is -3.32. The molecule has 4 rings (SSSR count). The smallest absolute Gasteiger partial charge is 0.410 e. The van der Waals surface area contributed by atoms with Gasteiger partial charge in [-0.05, 0) is 70.0 Å². The number of thioether (sulfide) groups is 1. The average Bonchev–Trinajstić information content (AvgIpc) is 2.88. The van der Waals surface area contributed by atoms with Gasteiger partial charge in [0.05, 0.1) is 11.4 Å². The van der Waals surface area contributed by atoms with Gasteiger partial charge in [0.1, 0.15) is 11.4 Å². The van der Waals surface area contributed by atoms with E-state index in [0.29, 0.717) is 13.1 Å². The fraction of sp³-hybridized carbons (Fsp3) is 0.367. The summed E-state index contributed by atoms with van der Waals surface area (Å²) in [4.78, 5) is 27.2. The van der Waals surface area contributed by atoms with E-state index in [1.165, 1.54) is 10.5 Å². The number of carbonyl (C=O) groups is 1. The molecule has 0 bridgehead atoms. The van der Waals surface area contributed by atoms with Crippen molar-refractivity contribution in [2.24, 2.45) is 4.99 Å².